The number of anilines is 2. The predicted molar refractivity (Wildman–Crippen MR) is 191 cm³/mol. The van der Waals surface area contributed by atoms with Crippen LogP contribution in [-0.4, -0.2) is 31.9 Å². The Kier molecular flexibility index (Phi) is 11.3. The highest BCUT2D eigenvalue weighted by Gasteiger charge is 2.23. The molecule has 8 nitrogen and oxygen atoms in total. The highest BCUT2D eigenvalue weighted by molar-refractivity contribution is 8.00. The zero-order valence-electron chi connectivity index (χ0n) is 26.7. The minimum atomic E-state index is -0.568. The van der Waals surface area contributed by atoms with Gasteiger partial charge in [0, 0.05) is 33.5 Å². The number of thioether (sulfide) groups is 1. The SMILES string of the molecule is COc1ccc(/C=C(/NC(=O)c2ccccc2)C(=O)Nc2cccc(SC(C(=O)Nc3ccc(C)cc3)c3ccccc3)c2)c(OC)c1. The number of benzene rings is 5. The van der Waals surface area contributed by atoms with Crippen LogP contribution < -0.4 is 25.4 Å². The number of hydrogen-bond acceptors (Lipinski definition) is 6. The Morgan fingerprint density at radius 1 is 0.708 bits per heavy atom. The topological polar surface area (TPSA) is 106 Å². The molecule has 5 aromatic carbocycles. The summed E-state index contributed by atoms with van der Waals surface area (Å²) in [6.45, 7) is 1.99. The largest absolute Gasteiger partial charge is 0.497 e. The molecule has 0 aromatic heterocycles. The van der Waals surface area contributed by atoms with E-state index < -0.39 is 17.1 Å². The zero-order chi connectivity index (χ0) is 33.9. The summed E-state index contributed by atoms with van der Waals surface area (Å²) in [5, 5.41) is 8.12. The molecule has 0 heterocycles. The van der Waals surface area contributed by atoms with E-state index in [1.807, 2.05) is 73.7 Å². The maximum Gasteiger partial charge on any atom is 0.272 e. The normalized spacial score (nSPS) is 11.6. The summed E-state index contributed by atoms with van der Waals surface area (Å²) >= 11 is 1.36. The van der Waals surface area contributed by atoms with Gasteiger partial charge in [0.2, 0.25) is 5.91 Å². The van der Waals surface area contributed by atoms with Crippen LogP contribution in [0.2, 0.25) is 0 Å². The van der Waals surface area contributed by atoms with Gasteiger partial charge in [0.25, 0.3) is 11.8 Å². The predicted octanol–water partition coefficient (Wildman–Crippen LogP) is 7.89. The molecule has 0 saturated carbocycles. The Hall–Kier alpha value is -5.80. The third-order valence-corrected chi connectivity index (χ3v) is 8.52. The van der Waals surface area contributed by atoms with E-state index in [-0.39, 0.29) is 11.6 Å². The molecule has 0 saturated heterocycles. The molecule has 3 amide bonds. The quantitative estimate of drug-likeness (QED) is 0.0931. The molecule has 1 atom stereocenters. The fourth-order valence-electron chi connectivity index (χ4n) is 4.76. The number of amides is 3. The Bertz CT molecular complexity index is 1910. The molecular formula is C39H35N3O5S. The average molecular weight is 658 g/mol. The Morgan fingerprint density at radius 3 is 2.10 bits per heavy atom. The van der Waals surface area contributed by atoms with Gasteiger partial charge >= 0.3 is 0 Å². The van der Waals surface area contributed by atoms with E-state index in [1.165, 1.54) is 18.9 Å². The maximum atomic E-state index is 13.8. The lowest BCUT2D eigenvalue weighted by molar-refractivity contribution is -0.116. The van der Waals surface area contributed by atoms with Crippen molar-refractivity contribution in [1.29, 1.82) is 0 Å². The van der Waals surface area contributed by atoms with Gasteiger partial charge in [0.1, 0.15) is 22.4 Å². The molecule has 242 valence electrons. The minimum Gasteiger partial charge on any atom is -0.497 e. The number of methoxy groups -OCH3 is 2. The van der Waals surface area contributed by atoms with Gasteiger partial charge in [0.15, 0.2) is 0 Å². The van der Waals surface area contributed by atoms with Gasteiger partial charge in [-0.05, 0) is 73.2 Å². The summed E-state index contributed by atoms with van der Waals surface area (Å²) in [7, 11) is 3.06. The van der Waals surface area contributed by atoms with Crippen LogP contribution in [0.3, 0.4) is 0 Å². The minimum absolute atomic E-state index is 0.00464. The summed E-state index contributed by atoms with van der Waals surface area (Å²) in [4.78, 5) is 41.3. The van der Waals surface area contributed by atoms with E-state index in [4.69, 9.17) is 9.47 Å². The molecule has 5 rings (SSSR count). The van der Waals surface area contributed by atoms with Gasteiger partial charge in [-0.3, -0.25) is 14.4 Å². The summed E-state index contributed by atoms with van der Waals surface area (Å²) in [5.41, 5.74) is 4.09. The Labute approximate surface area is 284 Å². The van der Waals surface area contributed by atoms with Crippen LogP contribution in [0.25, 0.3) is 6.08 Å². The third-order valence-electron chi connectivity index (χ3n) is 7.27. The van der Waals surface area contributed by atoms with Crippen molar-refractivity contribution in [3.63, 3.8) is 0 Å². The highest BCUT2D eigenvalue weighted by atomic mass is 32.2. The number of hydrogen-bond donors (Lipinski definition) is 3. The summed E-state index contributed by atoms with van der Waals surface area (Å²) in [6.07, 6.45) is 1.55. The van der Waals surface area contributed by atoms with Crippen LogP contribution in [0.4, 0.5) is 11.4 Å². The molecule has 0 bridgehead atoms. The number of carbonyl (C=O) groups excluding carboxylic acids is 3. The van der Waals surface area contributed by atoms with Gasteiger partial charge in [-0.2, -0.15) is 0 Å². The van der Waals surface area contributed by atoms with Crippen molar-refractivity contribution in [3.8, 4) is 11.5 Å². The van der Waals surface area contributed by atoms with Crippen molar-refractivity contribution in [1.82, 2.24) is 5.32 Å². The van der Waals surface area contributed by atoms with Crippen LogP contribution in [0, 0.1) is 6.92 Å². The molecule has 0 aliphatic rings. The number of ether oxygens (including phenoxy) is 2. The Balaban J connectivity index is 1.40. The van der Waals surface area contributed by atoms with Crippen LogP contribution in [0.5, 0.6) is 11.5 Å². The van der Waals surface area contributed by atoms with Gasteiger partial charge in [0.05, 0.1) is 14.2 Å². The summed E-state index contributed by atoms with van der Waals surface area (Å²) in [5.74, 6) is -0.122. The second-order valence-electron chi connectivity index (χ2n) is 10.7. The Morgan fingerprint density at radius 2 is 1.42 bits per heavy atom. The molecule has 1 unspecified atom stereocenters. The van der Waals surface area contributed by atoms with Crippen LogP contribution in [-0.2, 0) is 9.59 Å². The van der Waals surface area contributed by atoms with E-state index in [0.717, 1.165) is 16.0 Å². The molecule has 0 aliphatic carbocycles. The maximum absolute atomic E-state index is 13.8. The molecule has 5 aromatic rings. The first-order valence-corrected chi connectivity index (χ1v) is 16.0. The van der Waals surface area contributed by atoms with Crippen molar-refractivity contribution in [2.45, 2.75) is 17.1 Å². The van der Waals surface area contributed by atoms with Gasteiger partial charge in [-0.15, -0.1) is 11.8 Å². The second-order valence-corrected chi connectivity index (χ2v) is 11.9. The van der Waals surface area contributed by atoms with Crippen molar-refractivity contribution in [2.75, 3.05) is 24.9 Å². The molecule has 0 radical (unpaired) electrons. The van der Waals surface area contributed by atoms with Crippen molar-refractivity contribution in [3.05, 3.63) is 155 Å². The monoisotopic (exact) mass is 657 g/mol. The smallest absolute Gasteiger partial charge is 0.272 e. The molecule has 9 heteroatoms. The number of nitrogens with one attached hydrogen (secondary N) is 3. The van der Waals surface area contributed by atoms with E-state index in [0.29, 0.717) is 34.0 Å². The standard InChI is InChI=1S/C39H35N3O5S/c1-26-17-20-30(21-18-26)40-39(45)36(27-11-6-4-7-12-27)48-33-16-10-15-31(24-33)41-38(44)34(42-37(43)28-13-8-5-9-14-28)23-29-19-22-32(46-2)25-35(29)47-3/h4-25,36H,1-3H3,(H,40,45)(H,41,44)(H,42,43)/b34-23+. The average Bonchev–Trinajstić information content (AvgIpc) is 3.12. The number of rotatable bonds is 12. The summed E-state index contributed by atoms with van der Waals surface area (Å²) < 4.78 is 10.8. The number of carbonyl (C=O) groups is 3. The first-order chi connectivity index (χ1) is 23.3. The summed E-state index contributed by atoms with van der Waals surface area (Å²) in [6, 6.07) is 38.2. The highest BCUT2D eigenvalue weighted by Crippen LogP contribution is 2.37. The van der Waals surface area contributed by atoms with E-state index in [2.05, 4.69) is 16.0 Å². The van der Waals surface area contributed by atoms with Crippen LogP contribution in [0.15, 0.2) is 138 Å². The zero-order valence-corrected chi connectivity index (χ0v) is 27.5. The lowest BCUT2D eigenvalue weighted by atomic mass is 10.1. The molecule has 0 fully saturated rings. The fraction of sp³-hybridized carbons (Fsp3) is 0.103. The second kappa shape index (κ2) is 16.2. The molecule has 0 spiro atoms. The lowest BCUT2D eigenvalue weighted by Crippen LogP contribution is -2.30. The molecule has 3 N–H and O–H groups in total. The lowest BCUT2D eigenvalue weighted by Gasteiger charge is -2.18. The van der Waals surface area contributed by atoms with Crippen LogP contribution >= 0.6 is 11.8 Å². The fourth-order valence-corrected chi connectivity index (χ4v) is 5.85. The first-order valence-electron chi connectivity index (χ1n) is 15.1. The van der Waals surface area contributed by atoms with Crippen LogP contribution in [0.1, 0.15) is 32.3 Å². The van der Waals surface area contributed by atoms with Crippen molar-refractivity contribution >= 4 is 46.9 Å². The van der Waals surface area contributed by atoms with E-state index >= 15 is 0 Å². The number of aryl methyl sites for hydroxylation is 1. The first kappa shape index (κ1) is 33.6. The van der Waals surface area contributed by atoms with E-state index in [1.54, 1.807) is 73.8 Å². The molecular weight excluding hydrogens is 623 g/mol. The van der Waals surface area contributed by atoms with Crippen molar-refractivity contribution in [2.24, 2.45) is 0 Å². The van der Waals surface area contributed by atoms with Gasteiger partial charge < -0.3 is 25.4 Å². The molecule has 48 heavy (non-hydrogen) atoms. The van der Waals surface area contributed by atoms with Gasteiger partial charge in [-0.25, -0.2) is 0 Å². The van der Waals surface area contributed by atoms with E-state index in [9.17, 15) is 14.4 Å². The molecule has 0 aliphatic heterocycles. The van der Waals surface area contributed by atoms with Crippen molar-refractivity contribution < 1.29 is 23.9 Å². The van der Waals surface area contributed by atoms with Gasteiger partial charge in [-0.1, -0.05) is 72.3 Å². The third kappa shape index (κ3) is 8.92.